The van der Waals surface area contributed by atoms with E-state index < -0.39 is 0 Å². The van der Waals surface area contributed by atoms with Gasteiger partial charge in [-0.3, -0.25) is 4.79 Å². The highest BCUT2D eigenvalue weighted by Gasteiger charge is 2.17. The fourth-order valence-electron chi connectivity index (χ4n) is 2.13. The van der Waals surface area contributed by atoms with Gasteiger partial charge in [0.15, 0.2) is 5.82 Å². The Morgan fingerprint density at radius 3 is 3.21 bits per heavy atom. The summed E-state index contributed by atoms with van der Waals surface area (Å²) in [6, 6.07) is 4.06. The molecule has 2 aromatic rings. The number of ether oxygens (including phenoxy) is 1. The SMILES string of the molecule is O=c1[nH]ccnc1NCc1cc(Br)cc2c1OCC2. The quantitative estimate of drug-likeness (QED) is 0.908. The van der Waals surface area contributed by atoms with Crippen molar-refractivity contribution in [3.05, 3.63) is 50.5 Å². The van der Waals surface area contributed by atoms with Crippen molar-refractivity contribution >= 4 is 21.7 Å². The van der Waals surface area contributed by atoms with E-state index in [1.165, 1.54) is 11.8 Å². The molecule has 5 nitrogen and oxygen atoms in total. The van der Waals surface area contributed by atoms with E-state index in [0.29, 0.717) is 19.0 Å². The summed E-state index contributed by atoms with van der Waals surface area (Å²) in [5.74, 6) is 1.23. The van der Waals surface area contributed by atoms with Gasteiger partial charge in [0.2, 0.25) is 0 Å². The van der Waals surface area contributed by atoms with E-state index in [9.17, 15) is 4.79 Å². The van der Waals surface area contributed by atoms with Gasteiger partial charge in [-0.15, -0.1) is 0 Å². The van der Waals surface area contributed by atoms with Crippen LogP contribution in [0.1, 0.15) is 11.1 Å². The van der Waals surface area contributed by atoms with Crippen LogP contribution in [-0.2, 0) is 13.0 Å². The number of aromatic nitrogens is 2. The standard InChI is InChI=1S/C13H12BrN3O2/c14-10-5-8-1-4-19-11(8)9(6-10)7-17-12-13(18)16-3-2-15-12/h2-3,5-6H,1,4,7H2,(H,15,17)(H,16,18). The molecule has 19 heavy (non-hydrogen) atoms. The van der Waals surface area contributed by atoms with E-state index in [0.717, 1.165) is 22.2 Å². The van der Waals surface area contributed by atoms with Crippen LogP contribution in [0.4, 0.5) is 5.82 Å². The van der Waals surface area contributed by atoms with Crippen LogP contribution < -0.4 is 15.6 Å². The number of fused-ring (bicyclic) bond motifs is 1. The third-order valence-electron chi connectivity index (χ3n) is 2.98. The number of benzene rings is 1. The maximum absolute atomic E-state index is 11.5. The minimum absolute atomic E-state index is 0.227. The lowest BCUT2D eigenvalue weighted by atomic mass is 10.1. The molecule has 1 aliphatic rings. The van der Waals surface area contributed by atoms with Crippen LogP contribution in [0.5, 0.6) is 5.75 Å². The first-order valence-electron chi connectivity index (χ1n) is 5.96. The molecule has 0 fully saturated rings. The molecule has 2 heterocycles. The molecule has 0 bridgehead atoms. The summed E-state index contributed by atoms with van der Waals surface area (Å²) in [6.07, 6.45) is 3.98. The summed E-state index contributed by atoms with van der Waals surface area (Å²) in [5.41, 5.74) is 1.99. The third kappa shape index (κ3) is 2.49. The van der Waals surface area contributed by atoms with Gasteiger partial charge in [-0.2, -0.15) is 0 Å². The molecule has 0 amide bonds. The number of anilines is 1. The molecular formula is C13H12BrN3O2. The van der Waals surface area contributed by atoms with Gasteiger partial charge in [0, 0.05) is 35.4 Å². The van der Waals surface area contributed by atoms with Crippen molar-refractivity contribution in [2.45, 2.75) is 13.0 Å². The topological polar surface area (TPSA) is 67.0 Å². The number of hydrogen-bond acceptors (Lipinski definition) is 4. The number of rotatable bonds is 3. The largest absolute Gasteiger partial charge is 0.493 e. The highest BCUT2D eigenvalue weighted by atomic mass is 79.9. The van der Waals surface area contributed by atoms with Crippen LogP contribution >= 0.6 is 15.9 Å². The lowest BCUT2D eigenvalue weighted by Gasteiger charge is -2.10. The third-order valence-corrected chi connectivity index (χ3v) is 3.44. The molecule has 0 radical (unpaired) electrons. The van der Waals surface area contributed by atoms with Crippen molar-refractivity contribution in [1.29, 1.82) is 0 Å². The molecular weight excluding hydrogens is 310 g/mol. The van der Waals surface area contributed by atoms with Crippen LogP contribution in [0, 0.1) is 0 Å². The highest BCUT2D eigenvalue weighted by molar-refractivity contribution is 9.10. The molecule has 0 spiro atoms. The summed E-state index contributed by atoms with van der Waals surface area (Å²) in [4.78, 5) is 18.1. The molecule has 0 saturated heterocycles. The van der Waals surface area contributed by atoms with Crippen molar-refractivity contribution in [3.8, 4) is 5.75 Å². The van der Waals surface area contributed by atoms with E-state index >= 15 is 0 Å². The van der Waals surface area contributed by atoms with Gasteiger partial charge < -0.3 is 15.0 Å². The van der Waals surface area contributed by atoms with E-state index in [-0.39, 0.29) is 5.56 Å². The van der Waals surface area contributed by atoms with Crippen LogP contribution in [0.2, 0.25) is 0 Å². The zero-order valence-electron chi connectivity index (χ0n) is 10.1. The Hall–Kier alpha value is -1.82. The minimum atomic E-state index is -0.227. The van der Waals surface area contributed by atoms with Crippen molar-refractivity contribution in [2.24, 2.45) is 0 Å². The Balaban J connectivity index is 1.85. The zero-order valence-corrected chi connectivity index (χ0v) is 11.7. The van der Waals surface area contributed by atoms with Crippen LogP contribution in [0.25, 0.3) is 0 Å². The summed E-state index contributed by atoms with van der Waals surface area (Å²) >= 11 is 3.49. The van der Waals surface area contributed by atoms with E-state index in [2.05, 4.69) is 37.3 Å². The molecule has 2 N–H and O–H groups in total. The lowest BCUT2D eigenvalue weighted by molar-refractivity contribution is 0.354. The van der Waals surface area contributed by atoms with E-state index in [1.54, 1.807) is 6.20 Å². The normalized spacial score (nSPS) is 12.9. The molecule has 0 aliphatic carbocycles. The van der Waals surface area contributed by atoms with Gasteiger partial charge in [-0.1, -0.05) is 15.9 Å². The van der Waals surface area contributed by atoms with Crippen molar-refractivity contribution in [2.75, 3.05) is 11.9 Å². The Bertz CT molecular complexity index is 669. The Morgan fingerprint density at radius 2 is 2.37 bits per heavy atom. The summed E-state index contributed by atoms with van der Waals surface area (Å²) in [5, 5.41) is 3.03. The number of hydrogen-bond donors (Lipinski definition) is 2. The van der Waals surface area contributed by atoms with E-state index in [1.807, 2.05) is 6.07 Å². The predicted octanol–water partition coefficient (Wildman–Crippen LogP) is 2.08. The first-order chi connectivity index (χ1) is 9.24. The van der Waals surface area contributed by atoms with Crippen LogP contribution in [0.15, 0.2) is 33.8 Å². The lowest BCUT2D eigenvalue weighted by Crippen LogP contribution is -2.15. The molecule has 1 aliphatic heterocycles. The predicted molar refractivity (Wildman–Crippen MR) is 75.5 cm³/mol. The van der Waals surface area contributed by atoms with Gasteiger partial charge in [0.1, 0.15) is 5.75 Å². The average Bonchev–Trinajstić information content (AvgIpc) is 2.85. The molecule has 0 atom stereocenters. The van der Waals surface area contributed by atoms with Gasteiger partial charge in [-0.25, -0.2) is 4.98 Å². The maximum Gasteiger partial charge on any atom is 0.290 e. The maximum atomic E-state index is 11.5. The number of H-pyrrole nitrogens is 1. The first kappa shape index (κ1) is 12.2. The molecule has 0 saturated carbocycles. The van der Waals surface area contributed by atoms with Gasteiger partial charge >= 0.3 is 0 Å². The highest BCUT2D eigenvalue weighted by Crippen LogP contribution is 2.33. The second-order valence-corrected chi connectivity index (χ2v) is 5.19. The van der Waals surface area contributed by atoms with E-state index in [4.69, 9.17) is 4.74 Å². The Kier molecular flexibility index (Phi) is 3.25. The monoisotopic (exact) mass is 321 g/mol. The van der Waals surface area contributed by atoms with Crippen LogP contribution in [0.3, 0.4) is 0 Å². The molecule has 98 valence electrons. The number of halogens is 1. The fourth-order valence-corrected chi connectivity index (χ4v) is 2.69. The molecule has 1 aromatic heterocycles. The van der Waals surface area contributed by atoms with Crippen molar-refractivity contribution in [3.63, 3.8) is 0 Å². The minimum Gasteiger partial charge on any atom is -0.493 e. The number of nitrogens with zero attached hydrogens (tertiary/aromatic N) is 1. The molecule has 1 aromatic carbocycles. The summed E-state index contributed by atoms with van der Waals surface area (Å²) in [6.45, 7) is 1.21. The zero-order chi connectivity index (χ0) is 13.2. The second-order valence-electron chi connectivity index (χ2n) is 4.27. The Morgan fingerprint density at radius 1 is 1.47 bits per heavy atom. The molecule has 0 unspecified atom stereocenters. The number of nitrogens with one attached hydrogen (secondary N) is 2. The number of aromatic amines is 1. The van der Waals surface area contributed by atoms with Gasteiger partial charge in [0.05, 0.1) is 6.61 Å². The fraction of sp³-hybridized carbons (Fsp3) is 0.231. The first-order valence-corrected chi connectivity index (χ1v) is 6.75. The smallest absolute Gasteiger partial charge is 0.290 e. The van der Waals surface area contributed by atoms with Crippen molar-refractivity contribution < 1.29 is 4.74 Å². The van der Waals surface area contributed by atoms with Gasteiger partial charge in [-0.05, 0) is 17.7 Å². The van der Waals surface area contributed by atoms with Crippen LogP contribution in [-0.4, -0.2) is 16.6 Å². The second kappa shape index (κ2) is 5.05. The van der Waals surface area contributed by atoms with Crippen molar-refractivity contribution in [1.82, 2.24) is 9.97 Å². The Labute approximate surface area is 118 Å². The molecule has 6 heteroatoms. The van der Waals surface area contributed by atoms with Gasteiger partial charge in [0.25, 0.3) is 5.56 Å². The average molecular weight is 322 g/mol. The summed E-state index contributed by atoms with van der Waals surface area (Å²) in [7, 11) is 0. The summed E-state index contributed by atoms with van der Waals surface area (Å²) < 4.78 is 6.65. The molecule has 3 rings (SSSR count).